The third kappa shape index (κ3) is 7.86. The largest absolute Gasteiger partial charge is 0.356 e. The monoisotopic (exact) mass is 552 g/mol. The van der Waals surface area contributed by atoms with Crippen LogP contribution in [0.25, 0.3) is 0 Å². The van der Waals surface area contributed by atoms with Crippen LogP contribution in [0.2, 0.25) is 5.02 Å². The van der Waals surface area contributed by atoms with E-state index in [1.807, 2.05) is 0 Å². The Hall–Kier alpha value is -3.27. The van der Waals surface area contributed by atoms with Crippen molar-refractivity contribution in [2.24, 2.45) is 0 Å². The van der Waals surface area contributed by atoms with Crippen molar-refractivity contribution in [3.63, 3.8) is 0 Å². The topological polar surface area (TPSA) is 90.5 Å². The number of amides is 4. The van der Waals surface area contributed by atoms with E-state index in [9.17, 15) is 27.6 Å². The summed E-state index contributed by atoms with van der Waals surface area (Å²) in [6.07, 6.45) is 4.74. The van der Waals surface area contributed by atoms with Crippen LogP contribution in [0.5, 0.6) is 0 Å². The van der Waals surface area contributed by atoms with Gasteiger partial charge in [0.2, 0.25) is 5.91 Å². The number of carbonyl (C=O) groups is 3. The van der Waals surface area contributed by atoms with E-state index >= 15 is 0 Å². The van der Waals surface area contributed by atoms with Crippen LogP contribution in [0.1, 0.15) is 56.6 Å². The first kappa shape index (κ1) is 29.3. The van der Waals surface area contributed by atoms with Crippen LogP contribution in [0.3, 0.4) is 0 Å². The summed E-state index contributed by atoms with van der Waals surface area (Å²) in [5.74, 6) is -6.16. The predicted octanol–water partition coefficient (Wildman–Crippen LogP) is 5.58. The lowest BCUT2D eigenvalue weighted by atomic mass is 9.94. The molecule has 0 saturated heterocycles. The van der Waals surface area contributed by atoms with Gasteiger partial charge >= 0.3 is 12.0 Å². The first-order chi connectivity index (χ1) is 18.1. The number of nitrogens with one attached hydrogen (secondary N) is 3. The summed E-state index contributed by atoms with van der Waals surface area (Å²) in [6.45, 7) is 1.63. The van der Waals surface area contributed by atoms with E-state index in [-0.39, 0.29) is 22.7 Å². The van der Waals surface area contributed by atoms with Crippen LogP contribution in [0.15, 0.2) is 42.5 Å². The zero-order chi connectivity index (χ0) is 27.7. The number of urea groups is 1. The Morgan fingerprint density at radius 3 is 2.34 bits per heavy atom. The molecule has 3 N–H and O–H groups in total. The molecule has 4 amide bonds. The van der Waals surface area contributed by atoms with Crippen molar-refractivity contribution in [1.82, 2.24) is 15.5 Å². The molecule has 0 unspecified atom stereocenters. The average Bonchev–Trinajstić information content (AvgIpc) is 2.91. The maximum atomic E-state index is 14.8. The van der Waals surface area contributed by atoms with Gasteiger partial charge in [-0.2, -0.15) is 8.78 Å². The van der Waals surface area contributed by atoms with Crippen molar-refractivity contribution in [2.45, 2.75) is 63.8 Å². The Morgan fingerprint density at radius 2 is 1.71 bits per heavy atom. The SMILES string of the molecule is CCC(=O)NCCc1ccc(NC(=O)N(CNC(=O)C(F)(F)c2ccc(Cl)cc2)C2CCCCC2)c(F)c1. The number of anilines is 1. The highest BCUT2D eigenvalue weighted by atomic mass is 35.5. The summed E-state index contributed by atoms with van der Waals surface area (Å²) in [6, 6.07) is 7.99. The van der Waals surface area contributed by atoms with Crippen molar-refractivity contribution >= 4 is 35.1 Å². The number of halogens is 4. The molecule has 0 aliphatic heterocycles. The molecule has 2 aromatic carbocycles. The zero-order valence-corrected chi connectivity index (χ0v) is 21.9. The van der Waals surface area contributed by atoms with Gasteiger partial charge in [-0.1, -0.05) is 56.0 Å². The molecule has 206 valence electrons. The molecule has 0 atom stereocenters. The van der Waals surface area contributed by atoms with Gasteiger partial charge in [-0.25, -0.2) is 9.18 Å². The van der Waals surface area contributed by atoms with E-state index in [0.717, 1.165) is 31.4 Å². The molecule has 11 heteroatoms. The molecule has 1 fully saturated rings. The quantitative estimate of drug-likeness (QED) is 0.336. The number of rotatable bonds is 10. The Morgan fingerprint density at radius 1 is 1.03 bits per heavy atom. The first-order valence-corrected chi connectivity index (χ1v) is 13.0. The van der Waals surface area contributed by atoms with Gasteiger partial charge in [-0.3, -0.25) is 9.59 Å². The third-order valence-corrected chi connectivity index (χ3v) is 6.76. The molecule has 1 saturated carbocycles. The van der Waals surface area contributed by atoms with E-state index in [2.05, 4.69) is 16.0 Å². The van der Waals surface area contributed by atoms with Crippen LogP contribution >= 0.6 is 11.6 Å². The van der Waals surface area contributed by atoms with Gasteiger partial charge in [0.1, 0.15) is 5.82 Å². The van der Waals surface area contributed by atoms with Gasteiger partial charge < -0.3 is 20.9 Å². The number of carbonyl (C=O) groups excluding carboxylic acids is 3. The summed E-state index contributed by atoms with van der Waals surface area (Å²) in [5, 5.41) is 7.65. The number of nitrogens with zero attached hydrogens (tertiary/aromatic N) is 1. The summed E-state index contributed by atoms with van der Waals surface area (Å²) < 4.78 is 44.2. The van der Waals surface area contributed by atoms with Gasteiger partial charge in [-0.05, 0) is 49.1 Å². The van der Waals surface area contributed by atoms with Gasteiger partial charge in [-0.15, -0.1) is 0 Å². The van der Waals surface area contributed by atoms with Crippen LogP contribution in [-0.4, -0.2) is 42.0 Å². The molecule has 7 nitrogen and oxygen atoms in total. The number of benzene rings is 2. The summed E-state index contributed by atoms with van der Waals surface area (Å²) in [7, 11) is 0. The van der Waals surface area contributed by atoms with E-state index in [0.29, 0.717) is 37.8 Å². The fraction of sp³-hybridized carbons (Fsp3) is 0.444. The second-order valence-corrected chi connectivity index (χ2v) is 9.64. The fourth-order valence-corrected chi connectivity index (χ4v) is 4.42. The van der Waals surface area contributed by atoms with E-state index < -0.39 is 35.9 Å². The molecule has 1 aliphatic carbocycles. The van der Waals surface area contributed by atoms with Crippen molar-refractivity contribution in [3.05, 3.63) is 64.4 Å². The second-order valence-electron chi connectivity index (χ2n) is 9.20. The molecule has 2 aromatic rings. The maximum Gasteiger partial charge on any atom is 0.349 e. The molecule has 0 radical (unpaired) electrons. The van der Waals surface area contributed by atoms with E-state index in [1.54, 1.807) is 13.0 Å². The number of alkyl halides is 2. The normalized spacial score (nSPS) is 14.0. The molecule has 3 rings (SSSR count). The van der Waals surface area contributed by atoms with Crippen molar-refractivity contribution in [2.75, 3.05) is 18.5 Å². The van der Waals surface area contributed by atoms with Gasteiger partial charge in [0.25, 0.3) is 5.91 Å². The highest BCUT2D eigenvalue weighted by molar-refractivity contribution is 6.30. The zero-order valence-electron chi connectivity index (χ0n) is 21.2. The Balaban J connectivity index is 1.67. The minimum atomic E-state index is -3.84. The molecule has 38 heavy (non-hydrogen) atoms. The minimum Gasteiger partial charge on any atom is -0.356 e. The van der Waals surface area contributed by atoms with Gasteiger partial charge in [0, 0.05) is 29.6 Å². The van der Waals surface area contributed by atoms with Gasteiger partial charge in [0.15, 0.2) is 0 Å². The Bertz CT molecular complexity index is 1130. The fourth-order valence-electron chi connectivity index (χ4n) is 4.29. The number of hydrogen-bond acceptors (Lipinski definition) is 3. The minimum absolute atomic E-state index is 0.0741. The number of hydrogen-bond donors (Lipinski definition) is 3. The van der Waals surface area contributed by atoms with E-state index in [4.69, 9.17) is 11.6 Å². The van der Waals surface area contributed by atoms with Crippen molar-refractivity contribution < 1.29 is 27.6 Å². The Labute approximate surface area is 225 Å². The molecule has 0 aromatic heterocycles. The Kier molecular flexibility index (Phi) is 10.4. The van der Waals surface area contributed by atoms with Crippen LogP contribution < -0.4 is 16.0 Å². The lowest BCUT2D eigenvalue weighted by molar-refractivity contribution is -0.147. The van der Waals surface area contributed by atoms with E-state index in [1.165, 1.54) is 29.2 Å². The summed E-state index contributed by atoms with van der Waals surface area (Å²) >= 11 is 5.75. The highest BCUT2D eigenvalue weighted by Gasteiger charge is 2.41. The average molecular weight is 553 g/mol. The smallest absolute Gasteiger partial charge is 0.349 e. The third-order valence-electron chi connectivity index (χ3n) is 6.51. The molecule has 0 bridgehead atoms. The van der Waals surface area contributed by atoms with Crippen LogP contribution in [0, 0.1) is 5.82 Å². The molecule has 0 spiro atoms. The van der Waals surface area contributed by atoms with Crippen LogP contribution in [0.4, 0.5) is 23.7 Å². The van der Waals surface area contributed by atoms with Crippen LogP contribution in [-0.2, 0) is 21.9 Å². The standard InChI is InChI=1S/C27H32ClF3N4O3/c1-2-24(36)32-15-14-18-8-13-23(22(29)16-18)34-26(38)35(21-6-4-3-5-7-21)17-33-25(37)27(30,31)19-9-11-20(28)12-10-19/h8-13,16,21H,2-7,14-15,17H2,1H3,(H,32,36)(H,33,37)(H,34,38). The van der Waals surface area contributed by atoms with Crippen molar-refractivity contribution in [1.29, 1.82) is 0 Å². The summed E-state index contributed by atoms with van der Waals surface area (Å²) in [5.41, 5.74) is 0.0391. The molecular formula is C27H32ClF3N4O3. The first-order valence-electron chi connectivity index (χ1n) is 12.7. The van der Waals surface area contributed by atoms with Gasteiger partial charge in [0.05, 0.1) is 12.4 Å². The second kappa shape index (κ2) is 13.5. The highest BCUT2D eigenvalue weighted by Crippen LogP contribution is 2.29. The lowest BCUT2D eigenvalue weighted by Gasteiger charge is -2.34. The lowest BCUT2D eigenvalue weighted by Crippen LogP contribution is -2.51. The maximum absolute atomic E-state index is 14.8. The molecule has 0 heterocycles. The molecule has 1 aliphatic rings. The predicted molar refractivity (Wildman–Crippen MR) is 139 cm³/mol. The molecular weight excluding hydrogens is 521 g/mol. The summed E-state index contributed by atoms with van der Waals surface area (Å²) in [4.78, 5) is 38.2. The van der Waals surface area contributed by atoms with Crippen molar-refractivity contribution in [3.8, 4) is 0 Å².